The molecule has 0 atom stereocenters. The van der Waals surface area contributed by atoms with Crippen molar-refractivity contribution in [3.63, 3.8) is 0 Å². The molecule has 1 amide bonds. The monoisotopic (exact) mass is 301 g/mol. The summed E-state index contributed by atoms with van der Waals surface area (Å²) in [4.78, 5) is 11.7. The maximum Gasteiger partial charge on any atom is 0.256 e. The van der Waals surface area contributed by atoms with Gasteiger partial charge >= 0.3 is 0 Å². The van der Waals surface area contributed by atoms with Crippen molar-refractivity contribution in [1.82, 2.24) is 0 Å². The van der Waals surface area contributed by atoms with Gasteiger partial charge in [-0.15, -0.1) is 0 Å². The topological polar surface area (TPSA) is 29.1 Å². The Morgan fingerprint density at radius 1 is 0.905 bits per heavy atom. The van der Waals surface area contributed by atoms with Crippen LogP contribution in [0.5, 0.6) is 0 Å². The van der Waals surface area contributed by atoms with E-state index in [1.54, 1.807) is 0 Å². The molecule has 0 unspecified atom stereocenters. The van der Waals surface area contributed by atoms with E-state index in [1.807, 2.05) is 5.32 Å². The first kappa shape index (κ1) is 15.0. The third-order valence-corrected chi connectivity index (χ3v) is 2.77. The Kier molecular flexibility index (Phi) is 3.93. The van der Waals surface area contributed by atoms with Gasteiger partial charge in [0.2, 0.25) is 0 Å². The van der Waals surface area contributed by atoms with Crippen LogP contribution in [0.4, 0.5) is 27.6 Å². The Morgan fingerprint density at radius 2 is 1.48 bits per heavy atom. The Morgan fingerprint density at radius 3 is 2.05 bits per heavy atom. The van der Waals surface area contributed by atoms with Crippen LogP contribution in [-0.2, 0) is 0 Å². The molecule has 0 aromatic heterocycles. The van der Waals surface area contributed by atoms with E-state index >= 15 is 0 Å². The van der Waals surface area contributed by atoms with E-state index in [9.17, 15) is 26.7 Å². The summed E-state index contributed by atoms with van der Waals surface area (Å²) >= 11 is 0. The van der Waals surface area contributed by atoms with E-state index < -0.39 is 46.2 Å². The Balaban J connectivity index is 2.37. The maximum atomic E-state index is 13.7. The van der Waals surface area contributed by atoms with Crippen LogP contribution >= 0.6 is 0 Å². The number of nitrogens with one attached hydrogen (secondary N) is 1. The van der Waals surface area contributed by atoms with Crippen LogP contribution in [-0.4, -0.2) is 5.91 Å². The maximum absolute atomic E-state index is 13.7. The molecule has 0 fully saturated rings. The number of rotatable bonds is 2. The molecule has 21 heavy (non-hydrogen) atoms. The average Bonchev–Trinajstić information content (AvgIpc) is 2.44. The summed E-state index contributed by atoms with van der Waals surface area (Å²) in [5.41, 5.74) is -1.28. The third-order valence-electron chi connectivity index (χ3n) is 2.77. The number of anilines is 1. The fraction of sp³-hybridized carbons (Fsp3) is 0.0714. The molecule has 0 saturated heterocycles. The number of carbonyl (C=O) groups is 1. The minimum absolute atomic E-state index is 0.0724. The second-order valence-corrected chi connectivity index (χ2v) is 4.26. The summed E-state index contributed by atoms with van der Waals surface area (Å²) in [6, 6.07) is 2.95. The van der Waals surface area contributed by atoms with E-state index in [0.717, 1.165) is 12.1 Å². The van der Waals surface area contributed by atoms with Gasteiger partial charge in [0.05, 0.1) is 0 Å². The molecule has 2 aromatic carbocycles. The van der Waals surface area contributed by atoms with E-state index in [0.29, 0.717) is 12.1 Å². The van der Waals surface area contributed by atoms with Gasteiger partial charge in [-0.05, 0) is 30.7 Å². The highest BCUT2D eigenvalue weighted by atomic mass is 19.2. The molecule has 2 aromatic rings. The van der Waals surface area contributed by atoms with E-state index in [2.05, 4.69) is 0 Å². The summed E-state index contributed by atoms with van der Waals surface area (Å²) in [5, 5.41) is 1.86. The molecule has 0 aliphatic carbocycles. The van der Waals surface area contributed by atoms with Crippen LogP contribution in [0, 0.1) is 36.0 Å². The molecule has 7 heteroatoms. The fourth-order valence-electron chi connectivity index (χ4n) is 1.64. The van der Waals surface area contributed by atoms with Crippen molar-refractivity contribution < 1.29 is 26.7 Å². The van der Waals surface area contributed by atoms with Gasteiger partial charge in [-0.2, -0.15) is 0 Å². The number of hydrogen-bond donors (Lipinski definition) is 1. The second kappa shape index (κ2) is 5.51. The predicted octanol–water partition coefficient (Wildman–Crippen LogP) is 3.94. The first-order valence-electron chi connectivity index (χ1n) is 5.71. The number of aryl methyl sites for hydroxylation is 1. The zero-order valence-electron chi connectivity index (χ0n) is 10.6. The Labute approximate surface area is 116 Å². The normalized spacial score (nSPS) is 10.6. The van der Waals surface area contributed by atoms with Crippen LogP contribution in [0.15, 0.2) is 24.3 Å². The van der Waals surface area contributed by atoms with Gasteiger partial charge in [-0.1, -0.05) is 6.07 Å². The summed E-state index contributed by atoms with van der Waals surface area (Å²) in [7, 11) is 0. The van der Waals surface area contributed by atoms with Crippen LogP contribution in [0.3, 0.4) is 0 Å². The van der Waals surface area contributed by atoms with Gasteiger partial charge in [-0.3, -0.25) is 4.79 Å². The largest absolute Gasteiger partial charge is 0.317 e. The summed E-state index contributed by atoms with van der Waals surface area (Å²) in [6.45, 7) is 1.35. The van der Waals surface area contributed by atoms with Gasteiger partial charge < -0.3 is 5.32 Å². The van der Waals surface area contributed by atoms with Crippen molar-refractivity contribution in [1.29, 1.82) is 0 Å². The molecule has 0 bridgehead atoms. The molecule has 0 saturated carbocycles. The fourth-order valence-corrected chi connectivity index (χ4v) is 1.64. The molecule has 0 spiro atoms. The molecule has 0 aliphatic rings. The van der Waals surface area contributed by atoms with Crippen LogP contribution < -0.4 is 5.32 Å². The molecule has 2 nitrogen and oxygen atoms in total. The van der Waals surface area contributed by atoms with Gasteiger partial charge in [0, 0.05) is 5.56 Å². The lowest BCUT2D eigenvalue weighted by Crippen LogP contribution is -2.16. The lowest BCUT2D eigenvalue weighted by molar-refractivity contribution is 0.102. The average molecular weight is 301 g/mol. The molecule has 0 aliphatic heterocycles. The summed E-state index contributed by atoms with van der Waals surface area (Å²) in [5.74, 6) is -8.12. The SMILES string of the molecule is Cc1ccc(F)c(NC(=O)c2cc(F)c(F)c(F)c2)c1F. The van der Waals surface area contributed by atoms with Gasteiger partial charge in [0.25, 0.3) is 5.91 Å². The first-order valence-corrected chi connectivity index (χ1v) is 5.71. The van der Waals surface area contributed by atoms with Crippen molar-refractivity contribution in [3.8, 4) is 0 Å². The molecular formula is C14H8F5NO. The number of benzene rings is 2. The molecule has 0 heterocycles. The molecule has 1 N–H and O–H groups in total. The van der Waals surface area contributed by atoms with E-state index in [4.69, 9.17) is 0 Å². The Hall–Kier alpha value is -2.44. The van der Waals surface area contributed by atoms with Gasteiger partial charge in [0.1, 0.15) is 11.5 Å². The summed E-state index contributed by atoms with van der Waals surface area (Å²) in [6.07, 6.45) is 0. The zero-order chi connectivity index (χ0) is 15.7. The van der Waals surface area contributed by atoms with Crippen molar-refractivity contribution in [2.24, 2.45) is 0 Å². The highest BCUT2D eigenvalue weighted by Crippen LogP contribution is 2.23. The van der Waals surface area contributed by atoms with Crippen molar-refractivity contribution in [2.45, 2.75) is 6.92 Å². The molecule has 2 rings (SSSR count). The van der Waals surface area contributed by atoms with Crippen LogP contribution in [0.2, 0.25) is 0 Å². The van der Waals surface area contributed by atoms with Crippen molar-refractivity contribution in [2.75, 3.05) is 5.32 Å². The number of hydrogen-bond acceptors (Lipinski definition) is 1. The molecule has 110 valence electrons. The molecular weight excluding hydrogens is 293 g/mol. The quantitative estimate of drug-likeness (QED) is 0.660. The number of amides is 1. The van der Waals surface area contributed by atoms with E-state index in [1.165, 1.54) is 6.92 Å². The smallest absolute Gasteiger partial charge is 0.256 e. The van der Waals surface area contributed by atoms with Crippen molar-refractivity contribution in [3.05, 3.63) is 64.5 Å². The standard InChI is InChI=1S/C14H8F5NO/c1-6-2-3-8(15)13(11(6)18)20-14(21)7-4-9(16)12(19)10(17)5-7/h2-5H,1H3,(H,20,21). The van der Waals surface area contributed by atoms with E-state index in [-0.39, 0.29) is 5.56 Å². The predicted molar refractivity (Wildman–Crippen MR) is 65.4 cm³/mol. The lowest BCUT2D eigenvalue weighted by Gasteiger charge is -2.09. The third kappa shape index (κ3) is 2.86. The molecule has 0 radical (unpaired) electrons. The minimum atomic E-state index is -1.74. The highest BCUT2D eigenvalue weighted by molar-refractivity contribution is 6.04. The first-order chi connectivity index (χ1) is 9.81. The Bertz CT molecular complexity index is 707. The highest BCUT2D eigenvalue weighted by Gasteiger charge is 2.18. The van der Waals surface area contributed by atoms with Crippen LogP contribution in [0.25, 0.3) is 0 Å². The summed E-state index contributed by atoms with van der Waals surface area (Å²) < 4.78 is 66.0. The number of carbonyl (C=O) groups excluding carboxylic acids is 1. The minimum Gasteiger partial charge on any atom is -0.317 e. The zero-order valence-corrected chi connectivity index (χ0v) is 10.6. The lowest BCUT2D eigenvalue weighted by atomic mass is 10.1. The van der Waals surface area contributed by atoms with Crippen molar-refractivity contribution >= 4 is 11.6 Å². The second-order valence-electron chi connectivity index (χ2n) is 4.26. The van der Waals surface area contributed by atoms with Gasteiger partial charge in [0.15, 0.2) is 23.3 Å². The van der Waals surface area contributed by atoms with Crippen LogP contribution in [0.1, 0.15) is 15.9 Å². The number of halogens is 5. The van der Waals surface area contributed by atoms with Gasteiger partial charge in [-0.25, -0.2) is 22.0 Å².